The summed E-state index contributed by atoms with van der Waals surface area (Å²) in [6, 6.07) is 4.35. The van der Waals surface area contributed by atoms with Crippen molar-refractivity contribution in [1.29, 1.82) is 0 Å². The first-order valence-corrected chi connectivity index (χ1v) is 9.58. The number of nitrogens with zero attached hydrogens (tertiary/aromatic N) is 2. The van der Waals surface area contributed by atoms with Crippen LogP contribution >= 0.6 is 11.3 Å². The van der Waals surface area contributed by atoms with Crippen LogP contribution in [0.25, 0.3) is 0 Å². The monoisotopic (exact) mass is 463 g/mol. The average Bonchev–Trinajstić information content (AvgIpc) is 3.19. The van der Waals surface area contributed by atoms with Crippen LogP contribution < -0.4 is 16.0 Å². The fourth-order valence-electron chi connectivity index (χ4n) is 2.30. The molecule has 0 spiro atoms. The number of aromatic nitrogens is 2. The van der Waals surface area contributed by atoms with E-state index in [1.54, 1.807) is 0 Å². The van der Waals surface area contributed by atoms with E-state index in [0.29, 0.717) is 10.9 Å². The van der Waals surface area contributed by atoms with Gasteiger partial charge in [-0.2, -0.15) is 13.2 Å². The highest BCUT2D eigenvalue weighted by atomic mass is 32.1. The number of benzene rings is 1. The molecule has 2 heterocycles. The SMILES string of the molecule is CNC(=O)Nc1ncc(C#Cc2cc(C(=O)Nc3cc(C(F)(F)F)ccn3)ccc2F)s1. The molecule has 3 amide bonds. The number of amides is 3. The van der Waals surface area contributed by atoms with Crippen LogP contribution in [-0.4, -0.2) is 29.0 Å². The number of anilines is 2. The molecule has 0 saturated carbocycles. The van der Waals surface area contributed by atoms with Gasteiger partial charge in [-0.05, 0) is 36.3 Å². The van der Waals surface area contributed by atoms with Gasteiger partial charge in [-0.3, -0.25) is 10.1 Å². The zero-order valence-corrected chi connectivity index (χ0v) is 17.0. The molecule has 164 valence electrons. The summed E-state index contributed by atoms with van der Waals surface area (Å²) < 4.78 is 52.5. The molecule has 0 fully saturated rings. The van der Waals surface area contributed by atoms with Crippen LogP contribution in [0.4, 0.5) is 33.3 Å². The second kappa shape index (κ2) is 9.44. The minimum Gasteiger partial charge on any atom is -0.341 e. The Morgan fingerprint density at radius 1 is 1.06 bits per heavy atom. The van der Waals surface area contributed by atoms with Crippen molar-refractivity contribution in [1.82, 2.24) is 15.3 Å². The van der Waals surface area contributed by atoms with Crippen molar-refractivity contribution in [2.24, 2.45) is 0 Å². The molecule has 0 saturated heterocycles. The summed E-state index contributed by atoms with van der Waals surface area (Å²) in [5.41, 5.74) is -1.10. The Morgan fingerprint density at radius 3 is 2.56 bits per heavy atom. The van der Waals surface area contributed by atoms with Gasteiger partial charge in [-0.25, -0.2) is 19.2 Å². The molecule has 7 nitrogen and oxygen atoms in total. The lowest BCUT2D eigenvalue weighted by atomic mass is 10.1. The molecule has 2 aromatic heterocycles. The van der Waals surface area contributed by atoms with E-state index in [0.717, 1.165) is 35.7 Å². The van der Waals surface area contributed by atoms with Crippen molar-refractivity contribution >= 4 is 34.2 Å². The van der Waals surface area contributed by atoms with Crippen molar-refractivity contribution in [2.45, 2.75) is 6.18 Å². The number of carbonyl (C=O) groups excluding carboxylic acids is 2. The third-order valence-corrected chi connectivity index (χ3v) is 4.66. The van der Waals surface area contributed by atoms with Crippen LogP contribution in [0.3, 0.4) is 0 Å². The number of halogens is 4. The highest BCUT2D eigenvalue weighted by molar-refractivity contribution is 7.16. The van der Waals surface area contributed by atoms with Crippen molar-refractivity contribution in [2.75, 3.05) is 17.7 Å². The predicted octanol–water partition coefficient (Wildman–Crippen LogP) is 4.10. The Balaban J connectivity index is 1.77. The van der Waals surface area contributed by atoms with Gasteiger partial charge in [-0.1, -0.05) is 17.3 Å². The molecule has 0 unspecified atom stereocenters. The number of thiazole rings is 1. The molecule has 0 atom stereocenters. The number of alkyl halides is 3. The first-order chi connectivity index (χ1) is 15.2. The van der Waals surface area contributed by atoms with Crippen LogP contribution in [0.5, 0.6) is 0 Å². The quantitative estimate of drug-likeness (QED) is 0.403. The number of hydrogen-bond acceptors (Lipinski definition) is 5. The number of hydrogen-bond donors (Lipinski definition) is 3. The minimum atomic E-state index is -4.59. The summed E-state index contributed by atoms with van der Waals surface area (Å²) in [6.45, 7) is 0. The van der Waals surface area contributed by atoms with Crippen molar-refractivity contribution in [3.63, 3.8) is 0 Å². The van der Waals surface area contributed by atoms with E-state index in [-0.39, 0.29) is 22.1 Å². The van der Waals surface area contributed by atoms with Gasteiger partial charge >= 0.3 is 12.2 Å². The summed E-state index contributed by atoms with van der Waals surface area (Å²) in [6.07, 6.45) is -2.29. The van der Waals surface area contributed by atoms with E-state index in [1.807, 2.05) is 0 Å². The molecule has 32 heavy (non-hydrogen) atoms. The van der Waals surface area contributed by atoms with Crippen LogP contribution in [-0.2, 0) is 6.18 Å². The van der Waals surface area contributed by atoms with Crippen molar-refractivity contribution in [3.8, 4) is 11.8 Å². The molecule has 0 radical (unpaired) electrons. The maximum Gasteiger partial charge on any atom is 0.416 e. The standard InChI is InChI=1S/C20H13F4N5O2S/c1-25-18(31)29-19-27-10-14(32-19)4-2-11-8-12(3-5-15(11)21)17(30)28-16-9-13(6-7-26-16)20(22,23)24/h3,5-10H,1H3,(H,26,28,30)(H2,25,27,29,31). The minimum absolute atomic E-state index is 0.0267. The Hall–Kier alpha value is -3.98. The molecule has 12 heteroatoms. The van der Waals surface area contributed by atoms with Crippen LogP contribution in [0.2, 0.25) is 0 Å². The molecule has 0 aliphatic heterocycles. The molecular formula is C20H13F4N5O2S. The zero-order valence-electron chi connectivity index (χ0n) is 16.2. The Morgan fingerprint density at radius 2 is 1.84 bits per heavy atom. The fourth-order valence-corrected chi connectivity index (χ4v) is 2.97. The lowest BCUT2D eigenvalue weighted by Crippen LogP contribution is -2.24. The van der Waals surface area contributed by atoms with E-state index in [1.165, 1.54) is 19.3 Å². The second-order valence-electron chi connectivity index (χ2n) is 6.06. The van der Waals surface area contributed by atoms with Gasteiger partial charge in [0, 0.05) is 18.8 Å². The summed E-state index contributed by atoms with van der Waals surface area (Å²) >= 11 is 1.06. The highest BCUT2D eigenvalue weighted by Gasteiger charge is 2.30. The summed E-state index contributed by atoms with van der Waals surface area (Å²) in [4.78, 5) is 31.7. The van der Waals surface area contributed by atoms with Crippen LogP contribution in [0.15, 0.2) is 42.7 Å². The molecule has 0 bridgehead atoms. The summed E-state index contributed by atoms with van der Waals surface area (Å²) in [5.74, 6) is 3.47. The second-order valence-corrected chi connectivity index (χ2v) is 7.09. The summed E-state index contributed by atoms with van der Waals surface area (Å²) in [7, 11) is 1.44. The first-order valence-electron chi connectivity index (χ1n) is 8.76. The maximum absolute atomic E-state index is 14.1. The zero-order chi connectivity index (χ0) is 23.3. The van der Waals surface area contributed by atoms with E-state index < -0.39 is 29.5 Å². The number of nitrogens with one attached hydrogen (secondary N) is 3. The molecule has 0 aliphatic carbocycles. The normalized spacial score (nSPS) is 10.7. The van der Waals surface area contributed by atoms with Gasteiger partial charge in [0.1, 0.15) is 11.6 Å². The number of pyridine rings is 1. The van der Waals surface area contributed by atoms with Crippen molar-refractivity contribution in [3.05, 3.63) is 70.1 Å². The highest BCUT2D eigenvalue weighted by Crippen LogP contribution is 2.30. The van der Waals surface area contributed by atoms with E-state index >= 15 is 0 Å². The van der Waals surface area contributed by atoms with Gasteiger partial charge < -0.3 is 10.6 Å². The Kier molecular flexibility index (Phi) is 6.70. The predicted molar refractivity (Wildman–Crippen MR) is 110 cm³/mol. The molecule has 3 N–H and O–H groups in total. The smallest absolute Gasteiger partial charge is 0.341 e. The molecular weight excluding hydrogens is 450 g/mol. The molecule has 0 aliphatic rings. The lowest BCUT2D eigenvalue weighted by molar-refractivity contribution is -0.137. The topological polar surface area (TPSA) is 96.0 Å². The van der Waals surface area contributed by atoms with Crippen LogP contribution in [0, 0.1) is 17.7 Å². The summed E-state index contributed by atoms with van der Waals surface area (Å²) in [5, 5.41) is 7.37. The number of rotatable bonds is 3. The van der Waals surface area contributed by atoms with Crippen LogP contribution in [0.1, 0.15) is 26.4 Å². The molecule has 3 aromatic rings. The van der Waals surface area contributed by atoms with E-state index in [2.05, 4.69) is 37.8 Å². The van der Waals surface area contributed by atoms with Gasteiger partial charge in [0.25, 0.3) is 5.91 Å². The Labute approximate surface area is 182 Å². The first kappa shape index (κ1) is 22.7. The molecule has 1 aromatic carbocycles. The van der Waals surface area contributed by atoms with Gasteiger partial charge in [-0.15, -0.1) is 0 Å². The van der Waals surface area contributed by atoms with Gasteiger partial charge in [0.05, 0.1) is 22.2 Å². The van der Waals surface area contributed by atoms with Gasteiger partial charge in [0.15, 0.2) is 5.13 Å². The third kappa shape index (κ3) is 5.79. The van der Waals surface area contributed by atoms with E-state index in [4.69, 9.17) is 0 Å². The number of carbonyl (C=O) groups is 2. The van der Waals surface area contributed by atoms with E-state index in [9.17, 15) is 27.2 Å². The lowest BCUT2D eigenvalue weighted by Gasteiger charge is -2.09. The van der Waals surface area contributed by atoms with Gasteiger partial charge in [0.2, 0.25) is 0 Å². The molecule has 3 rings (SSSR count). The van der Waals surface area contributed by atoms with Crippen molar-refractivity contribution < 1.29 is 27.2 Å². The average molecular weight is 463 g/mol. The Bertz CT molecular complexity index is 1230. The third-order valence-electron chi connectivity index (χ3n) is 3.83. The maximum atomic E-state index is 14.1. The number of urea groups is 1. The fraction of sp³-hybridized carbons (Fsp3) is 0.100. The largest absolute Gasteiger partial charge is 0.416 e.